The third-order valence-electron chi connectivity index (χ3n) is 6.43. The molecule has 0 radical (unpaired) electrons. The van der Waals surface area contributed by atoms with Crippen LogP contribution in [0.1, 0.15) is 62.1 Å². The van der Waals surface area contributed by atoms with Gasteiger partial charge in [0.2, 0.25) is 0 Å². The summed E-state index contributed by atoms with van der Waals surface area (Å²) in [7, 11) is 0. The highest BCUT2D eigenvalue weighted by atomic mass is 16.3. The first kappa shape index (κ1) is 20.2. The molecule has 1 aliphatic carbocycles. The maximum absolute atomic E-state index is 8.50. The van der Waals surface area contributed by atoms with Crippen LogP contribution in [0.25, 0.3) is 22.0 Å². The van der Waals surface area contributed by atoms with E-state index in [1.807, 2.05) is 0 Å². The summed E-state index contributed by atoms with van der Waals surface area (Å²) in [4.78, 5) is 3.40. The quantitative estimate of drug-likeness (QED) is 0.520. The highest BCUT2D eigenvalue weighted by molar-refractivity contribution is 5.85. The highest BCUT2D eigenvalue weighted by Crippen LogP contribution is 2.34. The van der Waals surface area contributed by atoms with E-state index in [2.05, 4.69) is 65.8 Å². The van der Waals surface area contributed by atoms with Crippen LogP contribution in [0.15, 0.2) is 48.5 Å². The zero-order chi connectivity index (χ0) is 20.1. The molecule has 2 fully saturated rings. The minimum Gasteiger partial charge on any atom is -0.395 e. The summed E-state index contributed by atoms with van der Waals surface area (Å²) >= 11 is 0. The zero-order valence-electron chi connectivity index (χ0n) is 17.6. The predicted molar refractivity (Wildman–Crippen MR) is 122 cm³/mol. The van der Waals surface area contributed by atoms with Crippen LogP contribution in [0.5, 0.6) is 0 Å². The van der Waals surface area contributed by atoms with Crippen molar-refractivity contribution in [3.05, 3.63) is 59.8 Å². The molecule has 2 heterocycles. The summed E-state index contributed by atoms with van der Waals surface area (Å²) in [5, 5.41) is 13.0. The fourth-order valence-electron chi connectivity index (χ4n) is 4.78. The second kappa shape index (κ2) is 9.60. The molecule has 3 aromatic rings. The molecule has 0 amide bonds. The Bertz CT molecular complexity index is 917. The Morgan fingerprint density at radius 1 is 0.897 bits per heavy atom. The number of hydrogen-bond donors (Lipinski definition) is 3. The number of aryl methyl sites for hydroxylation is 1. The molecule has 2 aliphatic rings. The number of hydrogen-bond acceptors (Lipinski definition) is 2. The minimum absolute atomic E-state index is 0.306. The molecule has 3 N–H and O–H groups in total. The lowest BCUT2D eigenvalue weighted by Crippen LogP contribution is -2.24. The minimum atomic E-state index is 0.306. The van der Waals surface area contributed by atoms with Crippen molar-refractivity contribution in [3.63, 3.8) is 0 Å². The van der Waals surface area contributed by atoms with E-state index in [0.29, 0.717) is 12.6 Å². The van der Waals surface area contributed by atoms with Gasteiger partial charge in [-0.25, -0.2) is 0 Å². The Balaban J connectivity index is 0.000000249. The Kier molecular flexibility index (Phi) is 6.68. The van der Waals surface area contributed by atoms with Gasteiger partial charge in [-0.2, -0.15) is 0 Å². The van der Waals surface area contributed by atoms with E-state index in [-0.39, 0.29) is 0 Å². The van der Waals surface area contributed by atoms with Gasteiger partial charge in [-0.1, -0.05) is 49.6 Å². The van der Waals surface area contributed by atoms with E-state index in [1.165, 1.54) is 71.8 Å². The van der Waals surface area contributed by atoms with Gasteiger partial charge < -0.3 is 15.4 Å². The van der Waals surface area contributed by atoms with E-state index in [1.54, 1.807) is 0 Å². The number of aliphatic hydroxyl groups excluding tert-OH is 1. The molecule has 1 unspecified atom stereocenters. The van der Waals surface area contributed by atoms with E-state index in [0.717, 1.165) is 18.9 Å². The molecule has 5 rings (SSSR count). The van der Waals surface area contributed by atoms with Gasteiger partial charge in [0.05, 0.1) is 6.61 Å². The summed E-state index contributed by atoms with van der Waals surface area (Å²) < 4.78 is 0. The lowest BCUT2D eigenvalue weighted by atomic mass is 9.83. The SMILES string of the molecule is Cc1cc2cc(-c3cccc(C4CCCCC4)c3)ccc2[nH]1.OCC1CCCN1. The van der Waals surface area contributed by atoms with Gasteiger partial charge >= 0.3 is 0 Å². The second-order valence-corrected chi connectivity index (χ2v) is 8.69. The van der Waals surface area contributed by atoms with Gasteiger partial charge in [0.1, 0.15) is 0 Å². The van der Waals surface area contributed by atoms with Gasteiger partial charge in [0, 0.05) is 22.6 Å². The topological polar surface area (TPSA) is 48.0 Å². The first-order valence-electron chi connectivity index (χ1n) is 11.3. The van der Waals surface area contributed by atoms with Crippen molar-refractivity contribution in [1.29, 1.82) is 0 Å². The van der Waals surface area contributed by atoms with Crippen LogP contribution < -0.4 is 5.32 Å². The lowest BCUT2D eigenvalue weighted by molar-refractivity contribution is 0.255. The molecule has 1 saturated carbocycles. The molecule has 1 aromatic heterocycles. The zero-order valence-corrected chi connectivity index (χ0v) is 17.6. The summed E-state index contributed by atoms with van der Waals surface area (Å²) in [6, 6.07) is 18.6. The molecule has 1 saturated heterocycles. The largest absolute Gasteiger partial charge is 0.395 e. The van der Waals surface area contributed by atoms with Crippen molar-refractivity contribution >= 4 is 10.9 Å². The molecule has 2 aromatic carbocycles. The standard InChI is InChI=1S/C21H23N.C5H11NO/c1-15-12-20-14-19(10-11-21(20)22-15)18-9-5-8-17(13-18)16-6-3-2-4-7-16;7-4-5-2-1-3-6-5/h5,8-14,16,22H,2-4,6-7H2,1H3;5-7H,1-4H2. The predicted octanol–water partition coefficient (Wildman–Crippen LogP) is 5.92. The van der Waals surface area contributed by atoms with Gasteiger partial charge in [0.25, 0.3) is 0 Å². The smallest absolute Gasteiger partial charge is 0.0584 e. The van der Waals surface area contributed by atoms with Gasteiger partial charge in [-0.15, -0.1) is 0 Å². The molecule has 3 nitrogen and oxygen atoms in total. The van der Waals surface area contributed by atoms with Crippen LogP contribution in [0.2, 0.25) is 0 Å². The molecule has 0 spiro atoms. The Morgan fingerprint density at radius 3 is 2.45 bits per heavy atom. The van der Waals surface area contributed by atoms with Crippen LogP contribution in [0.3, 0.4) is 0 Å². The monoisotopic (exact) mass is 390 g/mol. The molecule has 0 bridgehead atoms. The third-order valence-corrected chi connectivity index (χ3v) is 6.43. The van der Waals surface area contributed by atoms with Crippen LogP contribution in [-0.2, 0) is 0 Å². The van der Waals surface area contributed by atoms with Crippen LogP contribution in [-0.4, -0.2) is 29.3 Å². The summed E-state index contributed by atoms with van der Waals surface area (Å²) in [5.74, 6) is 0.770. The number of aromatic amines is 1. The third kappa shape index (κ3) is 5.09. The van der Waals surface area contributed by atoms with Crippen molar-refractivity contribution in [2.24, 2.45) is 0 Å². The number of aliphatic hydroxyl groups is 1. The lowest BCUT2D eigenvalue weighted by Gasteiger charge is -2.22. The van der Waals surface area contributed by atoms with E-state index in [9.17, 15) is 0 Å². The molecule has 1 aliphatic heterocycles. The second-order valence-electron chi connectivity index (χ2n) is 8.69. The van der Waals surface area contributed by atoms with E-state index < -0.39 is 0 Å². The summed E-state index contributed by atoms with van der Waals surface area (Å²) in [5.41, 5.74) is 6.66. The fraction of sp³-hybridized carbons (Fsp3) is 0.462. The highest BCUT2D eigenvalue weighted by Gasteiger charge is 2.16. The van der Waals surface area contributed by atoms with Crippen molar-refractivity contribution in [2.75, 3.05) is 13.2 Å². The summed E-state index contributed by atoms with van der Waals surface area (Å²) in [6.07, 6.45) is 9.30. The summed E-state index contributed by atoms with van der Waals surface area (Å²) in [6.45, 7) is 3.51. The van der Waals surface area contributed by atoms with Crippen LogP contribution in [0.4, 0.5) is 0 Å². The normalized spacial score (nSPS) is 19.9. The average molecular weight is 391 g/mol. The van der Waals surface area contributed by atoms with Crippen molar-refractivity contribution in [2.45, 2.75) is 63.8 Å². The Labute approximate surface area is 174 Å². The van der Waals surface area contributed by atoms with E-state index >= 15 is 0 Å². The molecule has 3 heteroatoms. The molecular formula is C26H34N2O. The first-order valence-corrected chi connectivity index (χ1v) is 11.3. The molecule has 29 heavy (non-hydrogen) atoms. The van der Waals surface area contributed by atoms with Gasteiger partial charge in [0.15, 0.2) is 0 Å². The number of benzene rings is 2. The maximum Gasteiger partial charge on any atom is 0.0584 e. The van der Waals surface area contributed by atoms with Crippen molar-refractivity contribution < 1.29 is 5.11 Å². The van der Waals surface area contributed by atoms with E-state index in [4.69, 9.17) is 5.11 Å². The number of fused-ring (bicyclic) bond motifs is 1. The van der Waals surface area contributed by atoms with Gasteiger partial charge in [-0.05, 0) is 80.0 Å². The average Bonchev–Trinajstić information content (AvgIpc) is 3.43. The number of aromatic nitrogens is 1. The Morgan fingerprint density at radius 2 is 1.72 bits per heavy atom. The maximum atomic E-state index is 8.50. The molecule has 154 valence electrons. The number of nitrogens with one attached hydrogen (secondary N) is 2. The Hall–Kier alpha value is -2.10. The van der Waals surface area contributed by atoms with Gasteiger partial charge in [-0.3, -0.25) is 0 Å². The molecular weight excluding hydrogens is 356 g/mol. The molecule has 1 atom stereocenters. The van der Waals surface area contributed by atoms with Crippen molar-refractivity contribution in [3.8, 4) is 11.1 Å². The number of rotatable bonds is 3. The van der Waals surface area contributed by atoms with Crippen LogP contribution in [0, 0.1) is 6.92 Å². The van der Waals surface area contributed by atoms with Crippen molar-refractivity contribution in [1.82, 2.24) is 10.3 Å². The fourth-order valence-corrected chi connectivity index (χ4v) is 4.78. The number of H-pyrrole nitrogens is 1. The first-order chi connectivity index (χ1) is 14.2. The van der Waals surface area contributed by atoms with Crippen LogP contribution >= 0.6 is 0 Å².